The van der Waals surface area contributed by atoms with Crippen molar-refractivity contribution in [2.45, 2.75) is 19.8 Å². The van der Waals surface area contributed by atoms with Gasteiger partial charge in [-0.3, -0.25) is 4.68 Å². The molecule has 0 fully saturated rings. The quantitative estimate of drug-likeness (QED) is 0.602. The average Bonchev–Trinajstić information content (AvgIpc) is 2.29. The lowest BCUT2D eigenvalue weighted by atomic mass is 10.2. The van der Waals surface area contributed by atoms with Crippen LogP contribution in [0, 0.1) is 6.92 Å². The molecule has 0 amide bonds. The maximum absolute atomic E-state index is 10.1. The third kappa shape index (κ3) is 1.67. The van der Waals surface area contributed by atoms with E-state index >= 15 is 0 Å². The summed E-state index contributed by atoms with van der Waals surface area (Å²) >= 11 is 0. The lowest BCUT2D eigenvalue weighted by Gasteiger charge is -1.98. The molecule has 3 heteroatoms. The van der Waals surface area contributed by atoms with Crippen molar-refractivity contribution in [3.8, 4) is 0 Å². The van der Waals surface area contributed by atoms with Crippen molar-refractivity contribution in [1.29, 1.82) is 0 Å². The molecule has 0 saturated heterocycles. The van der Waals surface area contributed by atoms with E-state index in [1.165, 1.54) is 0 Å². The minimum atomic E-state index is 0.584. The molecule has 0 N–H and O–H groups in total. The molecule has 0 spiro atoms. The highest BCUT2D eigenvalue weighted by Crippen LogP contribution is 2.06. The molecular formula is C8H12N2O. The van der Waals surface area contributed by atoms with Gasteiger partial charge in [-0.15, -0.1) is 0 Å². The molecule has 3 nitrogen and oxygen atoms in total. The van der Waals surface area contributed by atoms with E-state index in [-0.39, 0.29) is 0 Å². The van der Waals surface area contributed by atoms with E-state index in [0.717, 1.165) is 24.0 Å². The number of hydrogen-bond donors (Lipinski definition) is 0. The zero-order chi connectivity index (χ0) is 8.27. The van der Waals surface area contributed by atoms with E-state index in [2.05, 4.69) is 5.10 Å². The second-order valence-electron chi connectivity index (χ2n) is 2.60. The topological polar surface area (TPSA) is 34.9 Å². The molecule has 0 aromatic carbocycles. The lowest BCUT2D eigenvalue weighted by molar-refractivity contribution is -0.107. The van der Waals surface area contributed by atoms with Crippen LogP contribution in [0.2, 0.25) is 0 Å². The van der Waals surface area contributed by atoms with Crippen molar-refractivity contribution in [3.05, 3.63) is 17.5 Å². The first-order valence-electron chi connectivity index (χ1n) is 3.67. The van der Waals surface area contributed by atoms with Gasteiger partial charge in [-0.25, -0.2) is 0 Å². The maximum Gasteiger partial charge on any atom is 0.120 e. The summed E-state index contributed by atoms with van der Waals surface area (Å²) < 4.78 is 1.82. The Labute approximate surface area is 66.0 Å². The number of hydrogen-bond acceptors (Lipinski definition) is 2. The van der Waals surface area contributed by atoms with Crippen LogP contribution >= 0.6 is 0 Å². The zero-order valence-electron chi connectivity index (χ0n) is 6.87. The summed E-state index contributed by atoms with van der Waals surface area (Å²) in [5.41, 5.74) is 2.31. The Morgan fingerprint density at radius 3 is 2.91 bits per heavy atom. The molecule has 0 atom stereocenters. The zero-order valence-corrected chi connectivity index (χ0v) is 6.87. The van der Waals surface area contributed by atoms with Gasteiger partial charge in [0.25, 0.3) is 0 Å². The van der Waals surface area contributed by atoms with Gasteiger partial charge in [-0.2, -0.15) is 5.10 Å². The van der Waals surface area contributed by atoms with Crippen molar-refractivity contribution in [2.75, 3.05) is 0 Å². The first-order chi connectivity index (χ1) is 5.25. The van der Waals surface area contributed by atoms with Gasteiger partial charge in [0.1, 0.15) is 6.29 Å². The molecule has 1 aromatic rings. The van der Waals surface area contributed by atoms with Crippen LogP contribution in [0.1, 0.15) is 17.7 Å². The predicted octanol–water partition coefficient (Wildman–Crippen LogP) is 0.860. The van der Waals surface area contributed by atoms with Crippen LogP contribution in [0.3, 0.4) is 0 Å². The van der Waals surface area contributed by atoms with E-state index in [4.69, 9.17) is 0 Å². The van der Waals surface area contributed by atoms with Crippen LogP contribution in [0.15, 0.2) is 6.20 Å². The van der Waals surface area contributed by atoms with Gasteiger partial charge in [-0.05, 0) is 18.9 Å². The highest BCUT2D eigenvalue weighted by molar-refractivity contribution is 5.49. The molecule has 1 aromatic heterocycles. The SMILES string of the molecule is Cc1cnn(C)c1CCC=O. The normalized spacial score (nSPS) is 10.0. The third-order valence-corrected chi connectivity index (χ3v) is 1.77. The molecule has 0 radical (unpaired) electrons. The first kappa shape index (κ1) is 7.98. The third-order valence-electron chi connectivity index (χ3n) is 1.77. The van der Waals surface area contributed by atoms with Gasteiger partial charge < -0.3 is 4.79 Å². The van der Waals surface area contributed by atoms with E-state index in [0.29, 0.717) is 6.42 Å². The van der Waals surface area contributed by atoms with Crippen molar-refractivity contribution in [2.24, 2.45) is 7.05 Å². The van der Waals surface area contributed by atoms with Crippen LogP contribution < -0.4 is 0 Å². The van der Waals surface area contributed by atoms with Gasteiger partial charge in [-0.1, -0.05) is 0 Å². The molecule has 11 heavy (non-hydrogen) atoms. The van der Waals surface area contributed by atoms with Crippen molar-refractivity contribution < 1.29 is 4.79 Å². The second kappa shape index (κ2) is 3.32. The summed E-state index contributed by atoms with van der Waals surface area (Å²) in [4.78, 5) is 10.1. The summed E-state index contributed by atoms with van der Waals surface area (Å²) in [5.74, 6) is 0. The minimum absolute atomic E-state index is 0.584. The summed E-state index contributed by atoms with van der Waals surface area (Å²) in [5, 5.41) is 4.07. The molecule has 1 heterocycles. The Kier molecular flexibility index (Phi) is 2.41. The number of carbonyl (C=O) groups excluding carboxylic acids is 1. The van der Waals surface area contributed by atoms with Crippen molar-refractivity contribution in [1.82, 2.24) is 9.78 Å². The average molecular weight is 152 g/mol. The van der Waals surface area contributed by atoms with Gasteiger partial charge in [0.15, 0.2) is 0 Å². The summed E-state index contributed by atoms with van der Waals surface area (Å²) in [6.07, 6.45) is 4.14. The fraction of sp³-hybridized carbons (Fsp3) is 0.500. The molecule has 1 rings (SSSR count). The Bertz CT molecular complexity index is 233. The number of rotatable bonds is 3. The molecule has 0 bridgehead atoms. The molecule has 0 aliphatic heterocycles. The minimum Gasteiger partial charge on any atom is -0.303 e. The summed E-state index contributed by atoms with van der Waals surface area (Å²) in [6.45, 7) is 2.01. The molecule has 0 unspecified atom stereocenters. The van der Waals surface area contributed by atoms with E-state index < -0.39 is 0 Å². The van der Waals surface area contributed by atoms with Crippen molar-refractivity contribution in [3.63, 3.8) is 0 Å². The Hall–Kier alpha value is -1.12. The Balaban J connectivity index is 2.74. The number of nitrogens with zero attached hydrogens (tertiary/aromatic N) is 2. The Morgan fingerprint density at radius 1 is 1.73 bits per heavy atom. The smallest absolute Gasteiger partial charge is 0.120 e. The van der Waals surface area contributed by atoms with E-state index in [1.54, 1.807) is 0 Å². The fourth-order valence-corrected chi connectivity index (χ4v) is 1.13. The van der Waals surface area contributed by atoms with Crippen LogP contribution in [0.4, 0.5) is 0 Å². The highest BCUT2D eigenvalue weighted by atomic mass is 16.1. The summed E-state index contributed by atoms with van der Waals surface area (Å²) in [7, 11) is 1.90. The van der Waals surface area contributed by atoms with Gasteiger partial charge in [0, 0.05) is 19.2 Å². The molecule has 0 aliphatic rings. The van der Waals surface area contributed by atoms with Gasteiger partial charge in [0.2, 0.25) is 0 Å². The van der Waals surface area contributed by atoms with E-state index in [9.17, 15) is 4.79 Å². The molecule has 0 saturated carbocycles. The number of aromatic nitrogens is 2. The number of carbonyl (C=O) groups is 1. The summed E-state index contributed by atoms with van der Waals surface area (Å²) in [6, 6.07) is 0. The number of aldehydes is 1. The maximum atomic E-state index is 10.1. The Morgan fingerprint density at radius 2 is 2.45 bits per heavy atom. The predicted molar refractivity (Wildman–Crippen MR) is 42.3 cm³/mol. The van der Waals surface area contributed by atoms with E-state index in [1.807, 2.05) is 24.9 Å². The first-order valence-corrected chi connectivity index (χ1v) is 3.67. The lowest BCUT2D eigenvalue weighted by Crippen LogP contribution is -1.99. The fourth-order valence-electron chi connectivity index (χ4n) is 1.13. The van der Waals surface area contributed by atoms with Crippen molar-refractivity contribution >= 4 is 6.29 Å². The van der Waals surface area contributed by atoms with Crippen LogP contribution in [-0.4, -0.2) is 16.1 Å². The standard InChI is InChI=1S/C8H12N2O/c1-7-6-9-10(2)8(7)4-3-5-11/h5-6H,3-4H2,1-2H3. The van der Waals surface area contributed by atoms with Gasteiger partial charge >= 0.3 is 0 Å². The largest absolute Gasteiger partial charge is 0.303 e. The van der Waals surface area contributed by atoms with Crippen LogP contribution in [0.5, 0.6) is 0 Å². The molecule has 0 aliphatic carbocycles. The second-order valence-corrected chi connectivity index (χ2v) is 2.60. The highest BCUT2D eigenvalue weighted by Gasteiger charge is 2.02. The monoisotopic (exact) mass is 152 g/mol. The molecular weight excluding hydrogens is 140 g/mol. The molecule has 60 valence electrons. The number of aryl methyl sites for hydroxylation is 2. The van der Waals surface area contributed by atoms with Crippen LogP contribution in [0.25, 0.3) is 0 Å². The van der Waals surface area contributed by atoms with Gasteiger partial charge in [0.05, 0.1) is 6.20 Å². The van der Waals surface area contributed by atoms with Crippen LogP contribution in [-0.2, 0) is 18.3 Å².